The normalized spacial score (nSPS) is 12.5. The van der Waals surface area contributed by atoms with E-state index >= 15 is 0 Å². The van der Waals surface area contributed by atoms with Crippen molar-refractivity contribution in [3.8, 4) is 5.69 Å². The van der Waals surface area contributed by atoms with Crippen molar-refractivity contribution < 1.29 is 0 Å². The predicted octanol–water partition coefficient (Wildman–Crippen LogP) is 4.53. The first kappa shape index (κ1) is 18.7. The maximum absolute atomic E-state index is 12.9. The molecule has 0 spiro atoms. The van der Waals surface area contributed by atoms with Gasteiger partial charge in [0.15, 0.2) is 0 Å². The van der Waals surface area contributed by atoms with E-state index in [0.29, 0.717) is 17.9 Å². The van der Waals surface area contributed by atoms with Crippen LogP contribution < -0.4 is 10.6 Å². The molecule has 0 bridgehead atoms. The summed E-state index contributed by atoms with van der Waals surface area (Å²) in [6, 6.07) is 19.0. The van der Waals surface area contributed by atoms with Gasteiger partial charge in [0.1, 0.15) is 10.7 Å². The Morgan fingerprint density at radius 1 is 1.10 bits per heavy atom. The number of nitrogens with zero attached hydrogens (tertiary/aromatic N) is 4. The Balaban J connectivity index is 1.73. The molecule has 1 aliphatic rings. The minimum Gasteiger partial charge on any atom is -0.266 e. The van der Waals surface area contributed by atoms with Crippen LogP contribution in [0.25, 0.3) is 5.69 Å². The predicted molar refractivity (Wildman–Crippen MR) is 117 cm³/mol. The standard InChI is InChI=1S/C23H17ClN4O/c24-22-21(16-26-28(23(22)29)20-13-5-2-6-14-20)27(17-19-11-3-1-4-12-19)25-15-18-9-7-8-10-18/h1-9,11-16H,17H2/b25-15+. The van der Waals surface area contributed by atoms with Crippen molar-refractivity contribution in [2.45, 2.75) is 6.54 Å². The van der Waals surface area contributed by atoms with E-state index in [1.54, 1.807) is 29.6 Å². The molecular weight excluding hydrogens is 384 g/mol. The van der Waals surface area contributed by atoms with Crippen molar-refractivity contribution in [2.75, 3.05) is 5.01 Å². The number of halogens is 1. The van der Waals surface area contributed by atoms with Crippen molar-refractivity contribution >= 4 is 23.5 Å². The molecule has 1 aliphatic carbocycles. The van der Waals surface area contributed by atoms with Gasteiger partial charge in [-0.25, -0.2) is 0 Å². The third-order valence-corrected chi connectivity index (χ3v) is 4.67. The van der Waals surface area contributed by atoms with Gasteiger partial charge in [-0.05, 0) is 29.8 Å². The zero-order chi connectivity index (χ0) is 20.1. The van der Waals surface area contributed by atoms with Crippen LogP contribution in [0.2, 0.25) is 5.02 Å². The van der Waals surface area contributed by atoms with Crippen LogP contribution >= 0.6 is 11.6 Å². The molecule has 0 aliphatic heterocycles. The highest BCUT2D eigenvalue weighted by molar-refractivity contribution is 6.33. The van der Waals surface area contributed by atoms with E-state index in [-0.39, 0.29) is 5.02 Å². The Morgan fingerprint density at radius 2 is 1.83 bits per heavy atom. The maximum Gasteiger partial charge on any atom is 0.292 e. The van der Waals surface area contributed by atoms with Crippen molar-refractivity contribution in [1.82, 2.24) is 9.78 Å². The minimum absolute atomic E-state index is 0.0587. The topological polar surface area (TPSA) is 50.5 Å². The number of anilines is 1. The number of rotatable bonds is 6. The molecule has 0 fully saturated rings. The van der Waals surface area contributed by atoms with E-state index in [9.17, 15) is 4.79 Å². The van der Waals surface area contributed by atoms with Crippen LogP contribution in [0.1, 0.15) is 5.56 Å². The van der Waals surface area contributed by atoms with Gasteiger partial charge in [-0.2, -0.15) is 14.9 Å². The first-order chi connectivity index (χ1) is 14.2. The number of allylic oxidation sites excluding steroid dienone is 3. The van der Waals surface area contributed by atoms with E-state index in [1.165, 1.54) is 4.68 Å². The molecule has 142 valence electrons. The summed E-state index contributed by atoms with van der Waals surface area (Å²) >= 11 is 6.47. The summed E-state index contributed by atoms with van der Waals surface area (Å²) in [6.07, 6.45) is 8.85. The Hall–Kier alpha value is -3.66. The molecule has 3 aromatic rings. The molecule has 6 heteroatoms. The molecule has 0 saturated carbocycles. The van der Waals surface area contributed by atoms with Gasteiger partial charge in [-0.1, -0.05) is 66.2 Å². The molecule has 2 aromatic carbocycles. The van der Waals surface area contributed by atoms with Gasteiger partial charge in [0.25, 0.3) is 5.56 Å². The van der Waals surface area contributed by atoms with Crippen LogP contribution in [0.5, 0.6) is 0 Å². The second kappa shape index (κ2) is 8.57. The lowest BCUT2D eigenvalue weighted by Crippen LogP contribution is -2.26. The van der Waals surface area contributed by atoms with Crippen LogP contribution in [0.4, 0.5) is 5.69 Å². The maximum atomic E-state index is 12.9. The summed E-state index contributed by atoms with van der Waals surface area (Å²) < 4.78 is 1.28. The van der Waals surface area contributed by atoms with Crippen molar-refractivity contribution in [3.05, 3.63) is 117 Å². The van der Waals surface area contributed by atoms with E-state index in [2.05, 4.69) is 15.9 Å². The highest BCUT2D eigenvalue weighted by Gasteiger charge is 2.16. The molecule has 0 unspecified atom stereocenters. The monoisotopic (exact) mass is 400 g/mol. The Kier molecular flexibility index (Phi) is 5.52. The molecule has 0 N–H and O–H groups in total. The van der Waals surface area contributed by atoms with Gasteiger partial charge in [-0.3, -0.25) is 9.80 Å². The Bertz CT molecular complexity index is 1190. The molecule has 1 aromatic heterocycles. The SMILES string of the molecule is O=c1c(Cl)c(N(Cc2ccccc2)/N=C/C2=C=CC=C2)cnn1-c1ccccc1. The van der Waals surface area contributed by atoms with Crippen LogP contribution in [0, 0.1) is 0 Å². The van der Waals surface area contributed by atoms with Crippen molar-refractivity contribution in [1.29, 1.82) is 0 Å². The summed E-state index contributed by atoms with van der Waals surface area (Å²) in [6.45, 7) is 0.439. The minimum atomic E-state index is -0.400. The molecule has 1 heterocycles. The molecule has 29 heavy (non-hydrogen) atoms. The van der Waals surface area contributed by atoms with E-state index in [4.69, 9.17) is 11.6 Å². The van der Waals surface area contributed by atoms with Gasteiger partial charge in [0, 0.05) is 5.57 Å². The number of benzene rings is 2. The molecular formula is C23H17ClN4O. The fraction of sp³-hybridized carbons (Fsp3) is 0.0435. The summed E-state index contributed by atoms with van der Waals surface area (Å²) in [5.74, 6) is 0. The number of hydrazone groups is 1. The highest BCUT2D eigenvalue weighted by atomic mass is 35.5. The van der Waals surface area contributed by atoms with E-state index in [0.717, 1.165) is 11.1 Å². The molecule has 0 radical (unpaired) electrons. The van der Waals surface area contributed by atoms with Gasteiger partial charge < -0.3 is 0 Å². The average molecular weight is 401 g/mol. The van der Waals surface area contributed by atoms with Gasteiger partial charge in [-0.15, -0.1) is 5.73 Å². The van der Waals surface area contributed by atoms with Crippen LogP contribution in [-0.2, 0) is 6.54 Å². The summed E-state index contributed by atoms with van der Waals surface area (Å²) in [5, 5.41) is 10.6. The number of aromatic nitrogens is 2. The molecule has 0 atom stereocenters. The second-order valence-electron chi connectivity index (χ2n) is 6.31. The fourth-order valence-corrected chi connectivity index (χ4v) is 3.08. The fourth-order valence-electron chi connectivity index (χ4n) is 2.86. The highest BCUT2D eigenvalue weighted by Crippen LogP contribution is 2.24. The van der Waals surface area contributed by atoms with Crippen molar-refractivity contribution in [2.24, 2.45) is 5.10 Å². The first-order valence-corrected chi connectivity index (χ1v) is 9.42. The second-order valence-corrected chi connectivity index (χ2v) is 6.69. The zero-order valence-electron chi connectivity index (χ0n) is 15.4. The number of para-hydroxylation sites is 1. The van der Waals surface area contributed by atoms with Crippen LogP contribution in [0.15, 0.2) is 106 Å². The third kappa shape index (κ3) is 4.27. The smallest absolute Gasteiger partial charge is 0.266 e. The Morgan fingerprint density at radius 3 is 2.52 bits per heavy atom. The van der Waals surface area contributed by atoms with Gasteiger partial charge >= 0.3 is 0 Å². The molecule has 0 amide bonds. The quantitative estimate of drug-likeness (QED) is 0.347. The van der Waals surface area contributed by atoms with Crippen LogP contribution in [-0.4, -0.2) is 16.0 Å². The first-order valence-electron chi connectivity index (χ1n) is 9.04. The van der Waals surface area contributed by atoms with E-state index < -0.39 is 5.56 Å². The molecule has 5 nitrogen and oxygen atoms in total. The Labute approximate surface area is 173 Å². The summed E-state index contributed by atoms with van der Waals surface area (Å²) in [5.41, 5.74) is 5.63. The molecule has 0 saturated heterocycles. The zero-order valence-corrected chi connectivity index (χ0v) is 16.2. The third-order valence-electron chi connectivity index (χ3n) is 4.31. The van der Waals surface area contributed by atoms with Crippen LogP contribution in [0.3, 0.4) is 0 Å². The average Bonchev–Trinajstić information content (AvgIpc) is 3.28. The van der Waals surface area contributed by atoms with Gasteiger partial charge in [0.05, 0.1) is 24.6 Å². The van der Waals surface area contributed by atoms with E-state index in [1.807, 2.05) is 66.8 Å². The summed E-state index contributed by atoms with van der Waals surface area (Å²) in [7, 11) is 0. The largest absolute Gasteiger partial charge is 0.292 e. The molecule has 4 rings (SSSR count). The summed E-state index contributed by atoms with van der Waals surface area (Å²) in [4.78, 5) is 12.9. The number of hydrogen-bond acceptors (Lipinski definition) is 4. The lowest BCUT2D eigenvalue weighted by molar-refractivity contribution is 0.783. The van der Waals surface area contributed by atoms with Crippen molar-refractivity contribution in [3.63, 3.8) is 0 Å². The lowest BCUT2D eigenvalue weighted by atomic mass is 10.2. The lowest BCUT2D eigenvalue weighted by Gasteiger charge is -2.20. The van der Waals surface area contributed by atoms with Gasteiger partial charge in [0.2, 0.25) is 0 Å². The number of hydrogen-bond donors (Lipinski definition) is 0.